The molecule has 2 saturated heterocycles. The van der Waals surface area contributed by atoms with Crippen molar-refractivity contribution in [2.45, 2.75) is 76.9 Å². The molecule has 7 heteroatoms. The number of pyridine rings is 1. The number of rotatable bonds is 5. The Morgan fingerprint density at radius 1 is 1.16 bits per heavy atom. The predicted octanol–water partition coefficient (Wildman–Crippen LogP) is 4.23. The number of piperidine rings is 1. The molecule has 7 nitrogen and oxygen atoms in total. The second-order valence-corrected chi connectivity index (χ2v) is 10.3. The average Bonchev–Trinajstić information content (AvgIpc) is 3.16. The normalized spacial score (nSPS) is 23.0. The molecule has 2 fully saturated rings. The summed E-state index contributed by atoms with van der Waals surface area (Å²) in [6.07, 6.45) is 9.59. The fourth-order valence-electron chi connectivity index (χ4n) is 5.62. The lowest BCUT2D eigenvalue weighted by Crippen LogP contribution is -2.58. The minimum atomic E-state index is 0.0406. The third-order valence-electron chi connectivity index (χ3n) is 6.24. The van der Waals surface area contributed by atoms with Crippen LogP contribution in [0.25, 0.3) is 0 Å². The Hall–Kier alpha value is -2.54. The van der Waals surface area contributed by atoms with Crippen molar-refractivity contribution in [1.29, 1.82) is 0 Å². The summed E-state index contributed by atoms with van der Waals surface area (Å²) in [4.78, 5) is 28.5. The van der Waals surface area contributed by atoms with E-state index in [1.54, 1.807) is 18.6 Å². The molecule has 0 bridgehead atoms. The van der Waals surface area contributed by atoms with Crippen LogP contribution in [0.3, 0.4) is 0 Å². The number of nitrogens with zero attached hydrogens (tertiary/aromatic N) is 4. The van der Waals surface area contributed by atoms with Gasteiger partial charge in [-0.15, -0.1) is 0 Å². The lowest BCUT2D eigenvalue weighted by molar-refractivity contribution is -0.133. The first-order valence-corrected chi connectivity index (χ1v) is 11.3. The van der Waals surface area contributed by atoms with Gasteiger partial charge in [-0.3, -0.25) is 9.78 Å². The standard InChI is InChI=1S/C24H34N6O/c1-23(2)14-17(15-24(3,4)29-23)13-22(31)30-12-6-8-19(30)18-7-5-9-20(27-18)28-21-16-25-10-11-26-21/h5,7,9-11,16-17,19,29H,6,8,12-15H2,1-4H3,(H,26,27,28). The zero-order valence-corrected chi connectivity index (χ0v) is 19.1. The molecule has 0 radical (unpaired) electrons. The highest BCUT2D eigenvalue weighted by molar-refractivity contribution is 5.77. The first kappa shape index (κ1) is 21.7. The lowest BCUT2D eigenvalue weighted by Gasteiger charge is -2.46. The van der Waals surface area contributed by atoms with E-state index in [2.05, 4.69) is 53.2 Å². The van der Waals surface area contributed by atoms with Gasteiger partial charge in [0, 0.05) is 36.4 Å². The number of carbonyl (C=O) groups excluding carboxylic acids is 1. The van der Waals surface area contributed by atoms with Gasteiger partial charge in [-0.2, -0.15) is 0 Å². The molecule has 1 amide bonds. The van der Waals surface area contributed by atoms with Gasteiger partial charge in [-0.25, -0.2) is 9.97 Å². The summed E-state index contributed by atoms with van der Waals surface area (Å²) in [5.41, 5.74) is 1.04. The Labute approximate surface area is 185 Å². The number of amides is 1. The number of aromatic nitrogens is 3. The van der Waals surface area contributed by atoms with Crippen molar-refractivity contribution in [3.63, 3.8) is 0 Å². The summed E-state index contributed by atoms with van der Waals surface area (Å²) in [6.45, 7) is 9.77. The molecule has 4 rings (SSSR count). The van der Waals surface area contributed by atoms with Crippen LogP contribution in [0.1, 0.15) is 71.5 Å². The summed E-state index contributed by atoms with van der Waals surface area (Å²) in [5.74, 6) is 2.04. The van der Waals surface area contributed by atoms with Crippen LogP contribution in [0.2, 0.25) is 0 Å². The highest BCUT2D eigenvalue weighted by atomic mass is 16.2. The largest absolute Gasteiger partial charge is 0.334 e. The van der Waals surface area contributed by atoms with Crippen LogP contribution in [-0.2, 0) is 4.79 Å². The Morgan fingerprint density at radius 2 is 1.94 bits per heavy atom. The Bertz CT molecular complexity index is 897. The topological polar surface area (TPSA) is 83.0 Å². The van der Waals surface area contributed by atoms with Crippen molar-refractivity contribution in [3.8, 4) is 0 Å². The van der Waals surface area contributed by atoms with Crippen molar-refractivity contribution in [3.05, 3.63) is 42.5 Å². The second-order valence-electron chi connectivity index (χ2n) is 10.3. The maximum Gasteiger partial charge on any atom is 0.223 e. The molecule has 2 aliphatic rings. The lowest BCUT2D eigenvalue weighted by atomic mass is 9.74. The molecule has 2 N–H and O–H groups in total. The molecule has 1 unspecified atom stereocenters. The third-order valence-corrected chi connectivity index (χ3v) is 6.24. The smallest absolute Gasteiger partial charge is 0.223 e. The van der Waals surface area contributed by atoms with Crippen molar-refractivity contribution in [1.82, 2.24) is 25.2 Å². The monoisotopic (exact) mass is 422 g/mol. The molecular weight excluding hydrogens is 388 g/mol. The number of carbonyl (C=O) groups is 1. The molecule has 0 saturated carbocycles. The molecule has 0 aromatic carbocycles. The van der Waals surface area contributed by atoms with Crippen molar-refractivity contribution in [2.24, 2.45) is 5.92 Å². The van der Waals surface area contributed by atoms with Gasteiger partial charge in [0.05, 0.1) is 17.9 Å². The second kappa shape index (κ2) is 8.54. The summed E-state index contributed by atoms with van der Waals surface area (Å²) < 4.78 is 0. The van der Waals surface area contributed by atoms with E-state index in [-0.39, 0.29) is 23.0 Å². The molecule has 166 valence electrons. The van der Waals surface area contributed by atoms with E-state index in [4.69, 9.17) is 4.98 Å². The highest BCUT2D eigenvalue weighted by Gasteiger charge is 2.40. The van der Waals surface area contributed by atoms with Crippen LogP contribution in [0.15, 0.2) is 36.8 Å². The van der Waals surface area contributed by atoms with Gasteiger partial charge in [0.1, 0.15) is 11.6 Å². The number of hydrogen-bond donors (Lipinski definition) is 2. The van der Waals surface area contributed by atoms with Gasteiger partial charge in [-0.1, -0.05) is 6.07 Å². The molecule has 1 atom stereocenters. The van der Waals surface area contributed by atoms with Crippen molar-refractivity contribution in [2.75, 3.05) is 11.9 Å². The third kappa shape index (κ3) is 5.39. The van der Waals surface area contributed by atoms with Crippen LogP contribution in [0, 0.1) is 5.92 Å². The van der Waals surface area contributed by atoms with Crippen LogP contribution < -0.4 is 10.6 Å². The SMILES string of the molecule is CC1(C)CC(CC(=O)N2CCCC2c2cccc(Nc3cnccn3)n2)CC(C)(C)N1. The van der Waals surface area contributed by atoms with Gasteiger partial charge in [0.15, 0.2) is 0 Å². The van der Waals surface area contributed by atoms with Gasteiger partial charge < -0.3 is 15.5 Å². The van der Waals surface area contributed by atoms with Gasteiger partial charge in [0.2, 0.25) is 5.91 Å². The summed E-state index contributed by atoms with van der Waals surface area (Å²) in [7, 11) is 0. The number of likely N-dealkylation sites (tertiary alicyclic amines) is 1. The maximum atomic E-state index is 13.3. The average molecular weight is 423 g/mol. The summed E-state index contributed by atoms with van der Waals surface area (Å²) in [5, 5.41) is 6.91. The molecular formula is C24H34N6O. The Morgan fingerprint density at radius 3 is 2.65 bits per heavy atom. The quantitative estimate of drug-likeness (QED) is 0.750. The first-order valence-electron chi connectivity index (χ1n) is 11.3. The number of anilines is 2. The molecule has 0 spiro atoms. The fourth-order valence-corrected chi connectivity index (χ4v) is 5.62. The van der Waals surface area contributed by atoms with Crippen LogP contribution >= 0.6 is 0 Å². The summed E-state index contributed by atoms with van der Waals surface area (Å²) in [6, 6.07) is 5.96. The molecule has 4 heterocycles. The van der Waals surface area contributed by atoms with E-state index in [1.165, 1.54) is 0 Å². The van der Waals surface area contributed by atoms with Crippen LogP contribution in [-0.4, -0.2) is 43.4 Å². The van der Waals surface area contributed by atoms with Gasteiger partial charge in [0.25, 0.3) is 0 Å². The number of nitrogens with one attached hydrogen (secondary N) is 2. The van der Waals surface area contributed by atoms with Gasteiger partial charge in [-0.05, 0) is 71.4 Å². The Kier molecular flexibility index (Phi) is 5.97. The van der Waals surface area contributed by atoms with E-state index in [9.17, 15) is 4.79 Å². The van der Waals surface area contributed by atoms with Crippen LogP contribution in [0.4, 0.5) is 11.6 Å². The molecule has 2 aromatic heterocycles. The minimum Gasteiger partial charge on any atom is -0.334 e. The van der Waals surface area contributed by atoms with Crippen molar-refractivity contribution >= 4 is 17.5 Å². The van der Waals surface area contributed by atoms with Crippen molar-refractivity contribution < 1.29 is 4.79 Å². The molecule has 0 aliphatic carbocycles. The zero-order valence-electron chi connectivity index (χ0n) is 19.1. The van der Waals surface area contributed by atoms with Gasteiger partial charge >= 0.3 is 0 Å². The summed E-state index contributed by atoms with van der Waals surface area (Å²) >= 11 is 0. The fraction of sp³-hybridized carbons (Fsp3) is 0.583. The minimum absolute atomic E-state index is 0.0406. The van der Waals surface area contributed by atoms with E-state index < -0.39 is 0 Å². The highest BCUT2D eigenvalue weighted by Crippen LogP contribution is 2.37. The molecule has 2 aliphatic heterocycles. The Balaban J connectivity index is 1.45. The molecule has 2 aromatic rings. The maximum absolute atomic E-state index is 13.3. The van der Waals surface area contributed by atoms with E-state index in [1.807, 2.05) is 18.2 Å². The zero-order chi connectivity index (χ0) is 22.1. The van der Waals surface area contributed by atoms with E-state index >= 15 is 0 Å². The van der Waals surface area contributed by atoms with E-state index in [0.29, 0.717) is 18.2 Å². The van der Waals surface area contributed by atoms with E-state index in [0.717, 1.165) is 43.7 Å². The predicted molar refractivity (Wildman–Crippen MR) is 122 cm³/mol. The first-order chi connectivity index (χ1) is 14.7. The molecule has 31 heavy (non-hydrogen) atoms. The number of hydrogen-bond acceptors (Lipinski definition) is 6. The van der Waals surface area contributed by atoms with Crippen LogP contribution in [0.5, 0.6) is 0 Å².